The summed E-state index contributed by atoms with van der Waals surface area (Å²) >= 11 is 6.46. The number of hydrogen-bond donors (Lipinski definition) is 1. The average molecular weight is 297 g/mol. The maximum absolute atomic E-state index is 6.46. The summed E-state index contributed by atoms with van der Waals surface area (Å²) in [5.41, 5.74) is 2.37. The molecule has 1 heterocycles. The van der Waals surface area contributed by atoms with Crippen LogP contribution in [0.4, 0.5) is 5.69 Å². The number of nitrogens with one attached hydrogen (secondary N) is 1. The first-order valence-corrected chi connectivity index (χ1v) is 7.98. The molecule has 3 nitrogen and oxygen atoms in total. The van der Waals surface area contributed by atoms with Crippen LogP contribution in [0.1, 0.15) is 32.3 Å². The zero-order valence-corrected chi connectivity index (χ0v) is 13.2. The van der Waals surface area contributed by atoms with E-state index in [1.54, 1.807) is 0 Å². The molecule has 1 atom stereocenters. The number of halogens is 1. The Hall–Kier alpha value is -0.770. The van der Waals surface area contributed by atoms with Gasteiger partial charge in [0.2, 0.25) is 0 Å². The number of ether oxygens (including phenoxy) is 1. The number of hydrogen-bond acceptors (Lipinski definition) is 3. The van der Waals surface area contributed by atoms with Crippen LogP contribution in [0.15, 0.2) is 18.2 Å². The van der Waals surface area contributed by atoms with Crippen LogP contribution in [0.5, 0.6) is 0 Å². The summed E-state index contributed by atoms with van der Waals surface area (Å²) in [7, 11) is 0. The Kier molecular flexibility index (Phi) is 6.14. The molecule has 1 aliphatic rings. The Morgan fingerprint density at radius 3 is 2.95 bits per heavy atom. The third kappa shape index (κ3) is 4.11. The molecule has 0 spiro atoms. The Bertz CT molecular complexity index is 423. The van der Waals surface area contributed by atoms with Crippen LogP contribution in [-0.4, -0.2) is 32.3 Å². The van der Waals surface area contributed by atoms with Crippen molar-refractivity contribution in [2.45, 2.75) is 39.3 Å². The smallest absolute Gasteiger partial charge is 0.0750 e. The lowest BCUT2D eigenvalue weighted by Crippen LogP contribution is -2.39. The molecule has 1 aromatic rings. The molecule has 0 aromatic heterocycles. The second-order valence-electron chi connectivity index (χ2n) is 5.23. The van der Waals surface area contributed by atoms with E-state index in [1.807, 2.05) is 0 Å². The van der Waals surface area contributed by atoms with Crippen LogP contribution in [-0.2, 0) is 11.3 Å². The van der Waals surface area contributed by atoms with E-state index in [2.05, 4.69) is 42.3 Å². The second-order valence-corrected chi connectivity index (χ2v) is 5.64. The van der Waals surface area contributed by atoms with Crippen LogP contribution in [0, 0.1) is 0 Å². The van der Waals surface area contributed by atoms with Crippen molar-refractivity contribution in [3.8, 4) is 0 Å². The lowest BCUT2D eigenvalue weighted by molar-refractivity contribution is 0.0527. The van der Waals surface area contributed by atoms with Gasteiger partial charge >= 0.3 is 0 Å². The minimum atomic E-state index is 0.339. The summed E-state index contributed by atoms with van der Waals surface area (Å²) in [4.78, 5) is 2.35. The lowest BCUT2D eigenvalue weighted by Gasteiger charge is -2.34. The number of nitrogens with zero attached hydrogens (tertiary/aromatic N) is 1. The third-order valence-corrected chi connectivity index (χ3v) is 4.02. The molecule has 20 heavy (non-hydrogen) atoms. The quantitative estimate of drug-likeness (QED) is 0.870. The highest BCUT2D eigenvalue weighted by molar-refractivity contribution is 6.33. The van der Waals surface area contributed by atoms with Crippen molar-refractivity contribution in [3.63, 3.8) is 0 Å². The van der Waals surface area contributed by atoms with Crippen LogP contribution < -0.4 is 10.2 Å². The second kappa shape index (κ2) is 7.87. The number of anilines is 1. The topological polar surface area (TPSA) is 24.5 Å². The van der Waals surface area contributed by atoms with Gasteiger partial charge in [0, 0.05) is 26.2 Å². The van der Waals surface area contributed by atoms with Gasteiger partial charge in [0.1, 0.15) is 0 Å². The zero-order chi connectivity index (χ0) is 14.4. The van der Waals surface area contributed by atoms with Crippen LogP contribution in [0.25, 0.3) is 0 Å². The van der Waals surface area contributed by atoms with Crippen molar-refractivity contribution >= 4 is 17.3 Å². The van der Waals surface area contributed by atoms with Gasteiger partial charge in [-0.15, -0.1) is 0 Å². The summed E-state index contributed by atoms with van der Waals surface area (Å²) in [6, 6.07) is 6.38. The normalized spacial score (nSPS) is 19.4. The highest BCUT2D eigenvalue weighted by Crippen LogP contribution is 2.29. The molecule has 1 aliphatic heterocycles. The van der Waals surface area contributed by atoms with Crippen LogP contribution in [0.2, 0.25) is 5.02 Å². The number of rotatable bonds is 6. The molecule has 112 valence electrons. The largest absolute Gasteiger partial charge is 0.377 e. The Balaban J connectivity index is 2.04. The van der Waals surface area contributed by atoms with E-state index >= 15 is 0 Å². The molecule has 1 saturated heterocycles. The van der Waals surface area contributed by atoms with Gasteiger partial charge in [0.05, 0.1) is 16.8 Å². The molecule has 2 rings (SSSR count). The Morgan fingerprint density at radius 1 is 1.40 bits per heavy atom. The maximum Gasteiger partial charge on any atom is 0.0750 e. The molecule has 1 aromatic carbocycles. The van der Waals surface area contributed by atoms with Gasteiger partial charge in [-0.2, -0.15) is 0 Å². The van der Waals surface area contributed by atoms with Gasteiger partial charge in [-0.05, 0) is 44.0 Å². The SMILES string of the molecule is CCNCc1ccc(N2CCCC(OCC)C2)c(Cl)c1. The minimum absolute atomic E-state index is 0.339. The Morgan fingerprint density at radius 2 is 2.25 bits per heavy atom. The predicted molar refractivity (Wildman–Crippen MR) is 85.7 cm³/mol. The molecule has 0 bridgehead atoms. The van der Waals surface area contributed by atoms with Crippen LogP contribution >= 0.6 is 11.6 Å². The molecular weight excluding hydrogens is 272 g/mol. The maximum atomic E-state index is 6.46. The van der Waals surface area contributed by atoms with E-state index in [0.717, 1.165) is 49.9 Å². The van der Waals surface area contributed by atoms with Gasteiger partial charge in [-0.25, -0.2) is 0 Å². The molecule has 4 heteroatoms. The first kappa shape index (κ1) is 15.6. The van der Waals surface area contributed by atoms with E-state index < -0.39 is 0 Å². The molecule has 0 aliphatic carbocycles. The van der Waals surface area contributed by atoms with Gasteiger partial charge in [-0.3, -0.25) is 0 Å². The fraction of sp³-hybridized carbons (Fsp3) is 0.625. The average Bonchev–Trinajstić information content (AvgIpc) is 2.46. The van der Waals surface area contributed by atoms with Gasteiger partial charge in [-0.1, -0.05) is 24.6 Å². The van der Waals surface area contributed by atoms with Crippen molar-refractivity contribution in [2.24, 2.45) is 0 Å². The highest BCUT2D eigenvalue weighted by Gasteiger charge is 2.21. The monoisotopic (exact) mass is 296 g/mol. The van der Waals surface area contributed by atoms with Crippen molar-refractivity contribution in [2.75, 3.05) is 31.1 Å². The van der Waals surface area contributed by atoms with Crippen LogP contribution in [0.3, 0.4) is 0 Å². The molecular formula is C16H25ClN2O. The molecule has 0 saturated carbocycles. The minimum Gasteiger partial charge on any atom is -0.377 e. The summed E-state index contributed by atoms with van der Waals surface area (Å²) in [6.07, 6.45) is 2.66. The third-order valence-electron chi connectivity index (χ3n) is 3.71. The first-order chi connectivity index (χ1) is 9.74. The lowest BCUT2D eigenvalue weighted by atomic mass is 10.1. The predicted octanol–water partition coefficient (Wildman–Crippen LogP) is 3.45. The highest BCUT2D eigenvalue weighted by atomic mass is 35.5. The van der Waals surface area contributed by atoms with Crippen molar-refractivity contribution in [1.29, 1.82) is 0 Å². The van der Waals surface area contributed by atoms with E-state index in [0.29, 0.717) is 6.10 Å². The molecule has 1 fully saturated rings. The van der Waals surface area contributed by atoms with Crippen molar-refractivity contribution in [1.82, 2.24) is 5.32 Å². The van der Waals surface area contributed by atoms with E-state index in [4.69, 9.17) is 16.3 Å². The zero-order valence-electron chi connectivity index (χ0n) is 12.5. The molecule has 0 amide bonds. The fourth-order valence-electron chi connectivity index (χ4n) is 2.71. The van der Waals surface area contributed by atoms with Gasteiger partial charge in [0.15, 0.2) is 0 Å². The van der Waals surface area contributed by atoms with Crippen molar-refractivity contribution in [3.05, 3.63) is 28.8 Å². The number of piperidine rings is 1. The van der Waals surface area contributed by atoms with E-state index in [-0.39, 0.29) is 0 Å². The summed E-state index contributed by atoms with van der Waals surface area (Å²) < 4.78 is 5.76. The summed E-state index contributed by atoms with van der Waals surface area (Å²) in [5, 5.41) is 4.17. The van der Waals surface area contributed by atoms with E-state index in [1.165, 1.54) is 12.0 Å². The number of benzene rings is 1. The first-order valence-electron chi connectivity index (χ1n) is 7.60. The standard InChI is InChI=1S/C16H25ClN2O/c1-3-18-11-13-7-8-16(15(17)10-13)19-9-5-6-14(12-19)20-4-2/h7-8,10,14,18H,3-6,9,11-12H2,1-2H3. The summed E-state index contributed by atoms with van der Waals surface area (Å²) in [5.74, 6) is 0. The van der Waals surface area contributed by atoms with Crippen molar-refractivity contribution < 1.29 is 4.74 Å². The van der Waals surface area contributed by atoms with E-state index in [9.17, 15) is 0 Å². The molecule has 1 N–H and O–H groups in total. The summed E-state index contributed by atoms with van der Waals surface area (Å²) in [6.45, 7) is 8.81. The molecule has 0 radical (unpaired) electrons. The Labute approximate surface area is 127 Å². The van der Waals surface area contributed by atoms with Gasteiger partial charge < -0.3 is 15.0 Å². The van der Waals surface area contributed by atoms with Gasteiger partial charge in [0.25, 0.3) is 0 Å². The molecule has 1 unspecified atom stereocenters. The fourth-order valence-corrected chi connectivity index (χ4v) is 3.04.